The minimum atomic E-state index is -0.775. The molecule has 0 N–H and O–H groups in total. The van der Waals surface area contributed by atoms with E-state index in [1.165, 1.54) is 212 Å². The fourth-order valence-corrected chi connectivity index (χ4v) is 9.70. The van der Waals surface area contributed by atoms with Crippen molar-refractivity contribution in [2.75, 3.05) is 13.2 Å². The van der Waals surface area contributed by atoms with Gasteiger partial charge in [0.15, 0.2) is 6.10 Å². The summed E-state index contributed by atoms with van der Waals surface area (Å²) in [5, 5.41) is 0. The van der Waals surface area contributed by atoms with Crippen molar-refractivity contribution in [3.05, 3.63) is 72.9 Å². The number of esters is 3. The molecule has 0 amide bonds. The van der Waals surface area contributed by atoms with Gasteiger partial charge in [-0.25, -0.2) is 0 Å². The molecular weight excluding hydrogens is 949 g/mol. The molecule has 1 unspecified atom stereocenters. The first-order valence-corrected chi connectivity index (χ1v) is 33.4. The number of hydrogen-bond donors (Lipinski definition) is 0. The van der Waals surface area contributed by atoms with Gasteiger partial charge in [-0.15, -0.1) is 0 Å². The molecule has 0 aliphatic rings. The normalized spacial score (nSPS) is 12.5. The zero-order chi connectivity index (χ0) is 55.7. The van der Waals surface area contributed by atoms with Crippen molar-refractivity contribution in [3.8, 4) is 0 Å². The number of ether oxygens (including phenoxy) is 3. The van der Waals surface area contributed by atoms with Crippen molar-refractivity contribution in [2.24, 2.45) is 0 Å². The third-order valence-electron chi connectivity index (χ3n) is 14.7. The number of hydrogen-bond acceptors (Lipinski definition) is 6. The predicted octanol–water partition coefficient (Wildman–Crippen LogP) is 22.9. The molecule has 0 heterocycles. The summed E-state index contributed by atoms with van der Waals surface area (Å²) in [6, 6.07) is 0. The maximum absolute atomic E-state index is 12.9. The Bertz CT molecular complexity index is 1420. The van der Waals surface area contributed by atoms with Gasteiger partial charge in [0.2, 0.25) is 0 Å². The fourth-order valence-electron chi connectivity index (χ4n) is 9.70. The number of allylic oxidation sites excluding steroid dienone is 12. The van der Waals surface area contributed by atoms with Gasteiger partial charge >= 0.3 is 17.9 Å². The van der Waals surface area contributed by atoms with Crippen LogP contribution in [0.4, 0.5) is 0 Å². The molecule has 0 fully saturated rings. The molecule has 0 aliphatic carbocycles. The molecule has 0 aliphatic heterocycles. The van der Waals surface area contributed by atoms with Crippen LogP contribution in [-0.2, 0) is 28.6 Å². The van der Waals surface area contributed by atoms with Crippen LogP contribution >= 0.6 is 0 Å². The standard InChI is InChI=1S/C71H126O6/c1-4-7-10-13-16-19-21-23-25-27-29-31-32-33-34-35-36-37-38-40-41-43-45-47-49-52-55-58-61-64-70(73)76-67-68(66-75-69(72)63-60-57-54-51-18-15-12-9-6-3)77-71(74)65-62-59-56-53-50-48-46-44-42-39-30-28-26-24-22-20-17-14-11-8-5-2/h7,10,16,19,22-25,28-31,68H,4-6,8-9,11-15,17-18,20-21,26-27,32-67H2,1-3H3/b10-7-,19-16-,24-22-,25-23-,30-28-,31-29-. The second kappa shape index (κ2) is 65.4. The van der Waals surface area contributed by atoms with Gasteiger partial charge in [0.1, 0.15) is 13.2 Å². The molecule has 77 heavy (non-hydrogen) atoms. The Morgan fingerprint density at radius 3 is 0.792 bits per heavy atom. The minimum Gasteiger partial charge on any atom is -0.462 e. The predicted molar refractivity (Wildman–Crippen MR) is 335 cm³/mol. The zero-order valence-electron chi connectivity index (χ0n) is 51.2. The Hall–Kier alpha value is -3.15. The van der Waals surface area contributed by atoms with Crippen molar-refractivity contribution < 1.29 is 28.6 Å². The van der Waals surface area contributed by atoms with Crippen molar-refractivity contribution in [3.63, 3.8) is 0 Å². The van der Waals surface area contributed by atoms with Crippen LogP contribution in [0.15, 0.2) is 72.9 Å². The summed E-state index contributed by atoms with van der Waals surface area (Å²) in [5.41, 5.74) is 0. The molecule has 446 valence electrons. The van der Waals surface area contributed by atoms with E-state index in [0.717, 1.165) is 89.9 Å². The second-order valence-electron chi connectivity index (χ2n) is 22.4. The molecule has 0 rings (SSSR count). The van der Waals surface area contributed by atoms with Crippen LogP contribution < -0.4 is 0 Å². The highest BCUT2D eigenvalue weighted by Gasteiger charge is 2.19. The highest BCUT2D eigenvalue weighted by atomic mass is 16.6. The van der Waals surface area contributed by atoms with Crippen LogP contribution in [0.25, 0.3) is 0 Å². The number of unbranched alkanes of at least 4 members (excludes halogenated alkanes) is 38. The van der Waals surface area contributed by atoms with E-state index in [1.807, 2.05) is 0 Å². The lowest BCUT2D eigenvalue weighted by atomic mass is 10.0. The monoisotopic (exact) mass is 1070 g/mol. The Labute approximate surface area is 478 Å². The SMILES string of the molecule is CC/C=C\C/C=C\C/C=C\C/C=C\CCCCCCCCCCCCCCCCCCC(=O)OCC(COC(=O)CCCCCCCCCCC)OC(=O)CCCCCCCCCCC/C=C\C/C=C\CCCCCCC. The van der Waals surface area contributed by atoms with Crippen LogP contribution in [0, 0.1) is 0 Å². The third kappa shape index (κ3) is 63.6. The average Bonchev–Trinajstić information content (AvgIpc) is 3.43. The summed E-state index contributed by atoms with van der Waals surface area (Å²) in [4.78, 5) is 38.2. The van der Waals surface area contributed by atoms with Gasteiger partial charge in [-0.3, -0.25) is 14.4 Å². The Morgan fingerprint density at radius 2 is 0.506 bits per heavy atom. The molecule has 0 aromatic heterocycles. The van der Waals surface area contributed by atoms with Crippen LogP contribution in [-0.4, -0.2) is 37.2 Å². The Balaban J connectivity index is 4.14. The molecule has 6 nitrogen and oxygen atoms in total. The first-order chi connectivity index (χ1) is 38.0. The van der Waals surface area contributed by atoms with E-state index in [-0.39, 0.29) is 31.1 Å². The highest BCUT2D eigenvalue weighted by molar-refractivity contribution is 5.71. The van der Waals surface area contributed by atoms with Gasteiger partial charge in [0.05, 0.1) is 0 Å². The van der Waals surface area contributed by atoms with E-state index in [0.29, 0.717) is 19.3 Å². The molecule has 6 heteroatoms. The van der Waals surface area contributed by atoms with Gasteiger partial charge in [-0.2, -0.15) is 0 Å². The van der Waals surface area contributed by atoms with E-state index < -0.39 is 6.10 Å². The topological polar surface area (TPSA) is 78.9 Å². The lowest BCUT2D eigenvalue weighted by Gasteiger charge is -2.18. The van der Waals surface area contributed by atoms with Crippen molar-refractivity contribution in [1.29, 1.82) is 0 Å². The molecule has 1 atom stereocenters. The summed E-state index contributed by atoms with van der Waals surface area (Å²) in [6.07, 6.45) is 85.0. The Morgan fingerprint density at radius 1 is 0.273 bits per heavy atom. The smallest absolute Gasteiger partial charge is 0.306 e. The van der Waals surface area contributed by atoms with E-state index in [9.17, 15) is 14.4 Å². The Kier molecular flexibility index (Phi) is 62.7. The summed E-state index contributed by atoms with van der Waals surface area (Å²) in [6.45, 7) is 6.54. The quantitative estimate of drug-likeness (QED) is 0.0261. The summed E-state index contributed by atoms with van der Waals surface area (Å²) < 4.78 is 16.9. The van der Waals surface area contributed by atoms with Crippen LogP contribution in [0.1, 0.15) is 342 Å². The maximum atomic E-state index is 12.9. The van der Waals surface area contributed by atoms with E-state index >= 15 is 0 Å². The van der Waals surface area contributed by atoms with E-state index in [1.54, 1.807) is 0 Å². The number of rotatable bonds is 61. The third-order valence-corrected chi connectivity index (χ3v) is 14.7. The lowest BCUT2D eigenvalue weighted by Crippen LogP contribution is -2.30. The summed E-state index contributed by atoms with van der Waals surface area (Å²) >= 11 is 0. The molecule has 0 bridgehead atoms. The number of carbonyl (C=O) groups excluding carboxylic acids is 3. The van der Waals surface area contributed by atoms with Crippen molar-refractivity contribution in [1.82, 2.24) is 0 Å². The molecule has 0 aromatic carbocycles. The van der Waals surface area contributed by atoms with E-state index in [4.69, 9.17) is 14.2 Å². The second-order valence-corrected chi connectivity index (χ2v) is 22.4. The van der Waals surface area contributed by atoms with Crippen molar-refractivity contribution in [2.45, 2.75) is 348 Å². The van der Waals surface area contributed by atoms with E-state index in [2.05, 4.69) is 93.7 Å². The zero-order valence-corrected chi connectivity index (χ0v) is 51.2. The molecule has 0 radical (unpaired) electrons. The largest absolute Gasteiger partial charge is 0.462 e. The summed E-state index contributed by atoms with van der Waals surface area (Å²) in [7, 11) is 0. The van der Waals surface area contributed by atoms with Gasteiger partial charge < -0.3 is 14.2 Å². The van der Waals surface area contributed by atoms with Gasteiger partial charge in [0, 0.05) is 19.3 Å². The first kappa shape index (κ1) is 73.8. The lowest BCUT2D eigenvalue weighted by molar-refractivity contribution is -0.167. The van der Waals surface area contributed by atoms with Crippen LogP contribution in [0.5, 0.6) is 0 Å². The van der Waals surface area contributed by atoms with Gasteiger partial charge in [-0.05, 0) is 89.9 Å². The van der Waals surface area contributed by atoms with Crippen LogP contribution in [0.3, 0.4) is 0 Å². The molecule has 0 aromatic rings. The van der Waals surface area contributed by atoms with Crippen LogP contribution in [0.2, 0.25) is 0 Å². The van der Waals surface area contributed by atoms with Gasteiger partial charge in [-0.1, -0.05) is 306 Å². The summed E-state index contributed by atoms with van der Waals surface area (Å²) in [5.74, 6) is -0.862. The van der Waals surface area contributed by atoms with Crippen molar-refractivity contribution >= 4 is 17.9 Å². The minimum absolute atomic E-state index is 0.0726. The average molecular weight is 1080 g/mol. The van der Waals surface area contributed by atoms with Gasteiger partial charge in [0.25, 0.3) is 0 Å². The molecular formula is C71H126O6. The number of carbonyl (C=O) groups is 3. The molecule has 0 saturated heterocycles. The molecule has 0 saturated carbocycles. The maximum Gasteiger partial charge on any atom is 0.306 e. The molecule has 0 spiro atoms. The first-order valence-electron chi connectivity index (χ1n) is 33.4. The highest BCUT2D eigenvalue weighted by Crippen LogP contribution is 2.17. The fraction of sp³-hybridized carbons (Fsp3) is 0.789.